The molecule has 2 aromatic rings. The third-order valence-corrected chi connectivity index (χ3v) is 4.28. The maximum Gasteiger partial charge on any atom is 0.229 e. The van der Waals surface area contributed by atoms with Gasteiger partial charge in [0.05, 0.1) is 20.1 Å². The first-order valence-corrected chi connectivity index (χ1v) is 8.40. The average molecular weight is 352 g/mol. The minimum absolute atomic E-state index is 0.135. The van der Waals surface area contributed by atoms with E-state index in [1.807, 2.05) is 24.3 Å². The van der Waals surface area contributed by atoms with E-state index in [0.29, 0.717) is 11.4 Å². The fourth-order valence-corrected chi connectivity index (χ4v) is 2.90. The summed E-state index contributed by atoms with van der Waals surface area (Å²) in [5, 5.41) is 2.84. The number of methoxy groups -OCH3 is 1. The number of nitrogens with one attached hydrogen (secondary N) is 1. The summed E-state index contributed by atoms with van der Waals surface area (Å²) in [6, 6.07) is 14.5. The molecule has 0 radical (unpaired) electrons. The normalized spacial score (nSPS) is 13.8. The Balaban J connectivity index is 1.59. The van der Waals surface area contributed by atoms with Crippen LogP contribution in [0.15, 0.2) is 48.5 Å². The van der Waals surface area contributed by atoms with Gasteiger partial charge in [0.15, 0.2) is 0 Å². The van der Waals surface area contributed by atoms with Gasteiger partial charge in [-0.15, -0.1) is 0 Å². The summed E-state index contributed by atoms with van der Waals surface area (Å²) in [7, 11) is 1.57. The van der Waals surface area contributed by atoms with E-state index in [1.165, 1.54) is 4.90 Å². The monoisotopic (exact) mass is 352 g/mol. The van der Waals surface area contributed by atoms with Crippen LogP contribution in [0.2, 0.25) is 0 Å². The summed E-state index contributed by atoms with van der Waals surface area (Å²) in [6.07, 6.45) is 0.786. The van der Waals surface area contributed by atoms with E-state index < -0.39 is 0 Å². The highest BCUT2D eigenvalue weighted by Gasteiger charge is 2.28. The molecule has 6 nitrogen and oxygen atoms in total. The van der Waals surface area contributed by atoms with Crippen molar-refractivity contribution in [3.63, 3.8) is 0 Å². The highest BCUT2D eigenvalue weighted by atomic mass is 16.5. The molecule has 3 rings (SSSR count). The lowest BCUT2D eigenvalue weighted by molar-refractivity contribution is -0.139. The minimum Gasteiger partial charge on any atom is -0.496 e. The van der Waals surface area contributed by atoms with Gasteiger partial charge in [0.2, 0.25) is 17.7 Å². The molecule has 1 fully saturated rings. The van der Waals surface area contributed by atoms with E-state index in [0.717, 1.165) is 11.1 Å². The van der Waals surface area contributed by atoms with Gasteiger partial charge < -0.3 is 10.1 Å². The van der Waals surface area contributed by atoms with Gasteiger partial charge in [0.25, 0.3) is 0 Å². The number of likely N-dealkylation sites (tertiary alicyclic amines) is 1. The predicted molar refractivity (Wildman–Crippen MR) is 96.6 cm³/mol. The number of nitrogens with zero attached hydrogens (tertiary/aromatic N) is 1. The molecule has 0 bridgehead atoms. The van der Waals surface area contributed by atoms with Crippen molar-refractivity contribution < 1.29 is 19.1 Å². The summed E-state index contributed by atoms with van der Waals surface area (Å²) < 4.78 is 5.25. The Kier molecular flexibility index (Phi) is 5.31. The molecule has 0 spiro atoms. The quantitative estimate of drug-likeness (QED) is 0.811. The number of hydrogen-bond donors (Lipinski definition) is 1. The van der Waals surface area contributed by atoms with Crippen molar-refractivity contribution in [1.29, 1.82) is 0 Å². The van der Waals surface area contributed by atoms with Crippen LogP contribution in [0.25, 0.3) is 0 Å². The zero-order valence-electron chi connectivity index (χ0n) is 14.5. The van der Waals surface area contributed by atoms with E-state index >= 15 is 0 Å². The molecule has 1 N–H and O–H groups in total. The average Bonchev–Trinajstić information content (AvgIpc) is 2.95. The fourth-order valence-electron chi connectivity index (χ4n) is 2.90. The standard InChI is InChI=1S/C20H20N2O4/c1-26-17-5-3-2-4-15(17)12-18(23)21-16-8-6-14(7-9-16)13-22-19(24)10-11-20(22)25/h2-9H,10-13H2,1H3,(H,21,23). The van der Waals surface area contributed by atoms with E-state index in [4.69, 9.17) is 4.74 Å². The highest BCUT2D eigenvalue weighted by molar-refractivity contribution is 6.01. The Hall–Kier alpha value is -3.15. The topological polar surface area (TPSA) is 75.7 Å². The number of hydrogen-bond acceptors (Lipinski definition) is 4. The van der Waals surface area contributed by atoms with E-state index in [1.54, 1.807) is 31.4 Å². The van der Waals surface area contributed by atoms with E-state index in [2.05, 4.69) is 5.32 Å². The van der Waals surface area contributed by atoms with E-state index in [-0.39, 0.29) is 43.5 Å². The Bertz CT molecular complexity index is 814. The number of ether oxygens (including phenoxy) is 1. The second-order valence-corrected chi connectivity index (χ2v) is 6.11. The van der Waals surface area contributed by atoms with Gasteiger partial charge in [0, 0.05) is 24.1 Å². The smallest absolute Gasteiger partial charge is 0.229 e. The van der Waals surface area contributed by atoms with Gasteiger partial charge >= 0.3 is 0 Å². The van der Waals surface area contributed by atoms with Crippen molar-refractivity contribution in [3.05, 3.63) is 59.7 Å². The molecule has 1 saturated heterocycles. The molecular weight excluding hydrogens is 332 g/mol. The molecule has 134 valence electrons. The van der Waals surface area contributed by atoms with Crippen molar-refractivity contribution in [1.82, 2.24) is 4.90 Å². The number of imide groups is 1. The van der Waals surface area contributed by atoms with Crippen molar-refractivity contribution in [2.45, 2.75) is 25.8 Å². The van der Waals surface area contributed by atoms with Crippen molar-refractivity contribution in [3.8, 4) is 5.75 Å². The Labute approximate surface area is 151 Å². The molecule has 0 aromatic heterocycles. The summed E-state index contributed by atoms with van der Waals surface area (Å²) >= 11 is 0. The molecule has 1 heterocycles. The third-order valence-electron chi connectivity index (χ3n) is 4.28. The van der Waals surface area contributed by atoms with Crippen molar-refractivity contribution in [2.24, 2.45) is 0 Å². The summed E-state index contributed by atoms with van der Waals surface area (Å²) in [5.41, 5.74) is 2.32. The fraction of sp³-hybridized carbons (Fsp3) is 0.250. The molecule has 0 atom stereocenters. The largest absolute Gasteiger partial charge is 0.496 e. The van der Waals surface area contributed by atoms with E-state index in [9.17, 15) is 14.4 Å². The maximum absolute atomic E-state index is 12.2. The molecule has 26 heavy (non-hydrogen) atoms. The van der Waals surface area contributed by atoms with Gasteiger partial charge in [-0.05, 0) is 23.8 Å². The number of benzene rings is 2. The zero-order chi connectivity index (χ0) is 18.5. The first-order chi connectivity index (χ1) is 12.6. The number of rotatable bonds is 6. The second kappa shape index (κ2) is 7.82. The molecule has 3 amide bonds. The molecule has 0 unspecified atom stereocenters. The minimum atomic E-state index is -0.146. The molecule has 0 saturated carbocycles. The number of anilines is 1. The zero-order valence-corrected chi connectivity index (χ0v) is 14.5. The van der Waals surface area contributed by atoms with Crippen molar-refractivity contribution in [2.75, 3.05) is 12.4 Å². The SMILES string of the molecule is COc1ccccc1CC(=O)Nc1ccc(CN2C(=O)CCC2=O)cc1. The summed E-state index contributed by atoms with van der Waals surface area (Å²) in [4.78, 5) is 36.8. The van der Waals surface area contributed by atoms with Crippen molar-refractivity contribution >= 4 is 23.4 Å². The maximum atomic E-state index is 12.2. The van der Waals surface area contributed by atoms with Crippen LogP contribution in [0.1, 0.15) is 24.0 Å². The molecule has 1 aliphatic rings. The first kappa shape index (κ1) is 17.7. The van der Waals surface area contributed by atoms with Gasteiger partial charge in [-0.1, -0.05) is 30.3 Å². The number of carbonyl (C=O) groups excluding carboxylic acids is 3. The summed E-state index contributed by atoms with van der Waals surface area (Å²) in [5.74, 6) is 0.262. The number of para-hydroxylation sites is 1. The molecule has 1 aliphatic heterocycles. The Morgan fingerprint density at radius 2 is 1.69 bits per heavy atom. The van der Waals surface area contributed by atoms with Crippen LogP contribution in [0, 0.1) is 0 Å². The van der Waals surface area contributed by atoms with Crippen LogP contribution in [0.5, 0.6) is 5.75 Å². The van der Waals surface area contributed by atoms with Crippen LogP contribution in [-0.2, 0) is 27.3 Å². The highest BCUT2D eigenvalue weighted by Crippen LogP contribution is 2.20. The van der Waals surface area contributed by atoms with Crippen LogP contribution in [-0.4, -0.2) is 29.7 Å². The van der Waals surface area contributed by atoms with Gasteiger partial charge in [-0.25, -0.2) is 0 Å². The predicted octanol–water partition coefficient (Wildman–Crippen LogP) is 2.53. The Morgan fingerprint density at radius 3 is 2.35 bits per heavy atom. The molecular formula is C20H20N2O4. The summed E-state index contributed by atoms with van der Waals surface area (Å²) in [6.45, 7) is 0.271. The first-order valence-electron chi connectivity index (χ1n) is 8.40. The number of amides is 3. The lowest BCUT2D eigenvalue weighted by Crippen LogP contribution is -2.28. The lowest BCUT2D eigenvalue weighted by atomic mass is 10.1. The van der Waals surface area contributed by atoms with Crippen LogP contribution < -0.4 is 10.1 Å². The van der Waals surface area contributed by atoms with Gasteiger partial charge in [0.1, 0.15) is 5.75 Å². The van der Waals surface area contributed by atoms with Crippen LogP contribution in [0.3, 0.4) is 0 Å². The number of carbonyl (C=O) groups is 3. The van der Waals surface area contributed by atoms with Gasteiger partial charge in [-0.2, -0.15) is 0 Å². The third kappa shape index (κ3) is 4.08. The second-order valence-electron chi connectivity index (χ2n) is 6.11. The van der Waals surface area contributed by atoms with Gasteiger partial charge in [-0.3, -0.25) is 19.3 Å². The molecule has 6 heteroatoms. The molecule has 0 aliphatic carbocycles. The van der Waals surface area contributed by atoms with Crippen LogP contribution >= 0.6 is 0 Å². The Morgan fingerprint density at radius 1 is 1.04 bits per heavy atom. The lowest BCUT2D eigenvalue weighted by Gasteiger charge is -2.14. The molecule has 2 aromatic carbocycles. The van der Waals surface area contributed by atoms with Crippen LogP contribution in [0.4, 0.5) is 5.69 Å².